The van der Waals surface area contributed by atoms with Crippen LogP contribution in [0, 0.1) is 5.92 Å². The molecular formula is C25H30N2O5. The summed E-state index contributed by atoms with van der Waals surface area (Å²) >= 11 is 0. The van der Waals surface area contributed by atoms with Gasteiger partial charge in [-0.15, -0.1) is 0 Å². The fourth-order valence-corrected chi connectivity index (χ4v) is 4.33. The van der Waals surface area contributed by atoms with Crippen LogP contribution in [0.2, 0.25) is 0 Å². The Hall–Kier alpha value is -3.06. The van der Waals surface area contributed by atoms with Crippen molar-refractivity contribution in [3.63, 3.8) is 0 Å². The molecule has 0 aromatic heterocycles. The van der Waals surface area contributed by atoms with Gasteiger partial charge in [0.2, 0.25) is 5.91 Å². The number of carbonyl (C=O) groups excluding carboxylic acids is 2. The standard InChI is InChI=1S/C25H30N2O5/c1-17(25(29)26-16-20-5-3-4-6-21(20)30-2)27-11-9-18(10-12-27)24(28)19-7-8-22-23(15-19)32-14-13-31-22/h3-8,15,17-18H,9-14,16H2,1-2H3,(H,26,29). The van der Waals surface area contributed by atoms with E-state index in [1.165, 1.54) is 0 Å². The fraction of sp³-hybridized carbons (Fsp3) is 0.440. The third-order valence-electron chi connectivity index (χ3n) is 6.30. The van der Waals surface area contributed by atoms with Crippen molar-refractivity contribution in [3.05, 3.63) is 53.6 Å². The summed E-state index contributed by atoms with van der Waals surface area (Å²) in [5, 5.41) is 3.01. The molecule has 1 N–H and O–H groups in total. The summed E-state index contributed by atoms with van der Waals surface area (Å²) < 4.78 is 16.5. The second-order valence-corrected chi connectivity index (χ2v) is 8.24. The van der Waals surface area contributed by atoms with E-state index in [-0.39, 0.29) is 23.7 Å². The monoisotopic (exact) mass is 438 g/mol. The molecule has 0 saturated carbocycles. The summed E-state index contributed by atoms with van der Waals surface area (Å²) in [5.41, 5.74) is 1.61. The Bertz CT molecular complexity index is 969. The highest BCUT2D eigenvalue weighted by Gasteiger charge is 2.30. The number of fused-ring (bicyclic) bond motifs is 1. The van der Waals surface area contributed by atoms with Gasteiger partial charge in [0.1, 0.15) is 19.0 Å². The lowest BCUT2D eigenvalue weighted by Gasteiger charge is -2.34. The number of nitrogens with one attached hydrogen (secondary N) is 1. The van der Waals surface area contributed by atoms with Crippen LogP contribution in [0.3, 0.4) is 0 Å². The molecule has 1 atom stereocenters. The molecule has 2 aromatic carbocycles. The minimum Gasteiger partial charge on any atom is -0.496 e. The number of ketones is 1. The molecule has 1 unspecified atom stereocenters. The number of benzene rings is 2. The predicted molar refractivity (Wildman–Crippen MR) is 120 cm³/mol. The number of nitrogens with zero attached hydrogens (tertiary/aromatic N) is 1. The zero-order valence-electron chi connectivity index (χ0n) is 18.6. The first-order valence-electron chi connectivity index (χ1n) is 11.1. The molecule has 1 amide bonds. The molecule has 0 aliphatic carbocycles. The van der Waals surface area contributed by atoms with Gasteiger partial charge in [-0.1, -0.05) is 18.2 Å². The van der Waals surface area contributed by atoms with Gasteiger partial charge in [0.05, 0.1) is 13.2 Å². The molecule has 0 radical (unpaired) electrons. The molecular weight excluding hydrogens is 408 g/mol. The molecule has 4 rings (SSSR count). The number of hydrogen-bond acceptors (Lipinski definition) is 6. The largest absolute Gasteiger partial charge is 0.496 e. The predicted octanol–water partition coefficient (Wildman–Crippen LogP) is 3.07. The van der Waals surface area contributed by atoms with E-state index in [0.717, 1.165) is 24.2 Å². The zero-order valence-corrected chi connectivity index (χ0v) is 18.6. The summed E-state index contributed by atoms with van der Waals surface area (Å²) in [6, 6.07) is 12.8. The average Bonchev–Trinajstić information content (AvgIpc) is 2.86. The highest BCUT2D eigenvalue weighted by Crippen LogP contribution is 2.32. The van der Waals surface area contributed by atoms with Crippen molar-refractivity contribution in [3.8, 4) is 17.2 Å². The number of hydrogen-bond donors (Lipinski definition) is 1. The number of carbonyl (C=O) groups is 2. The maximum absolute atomic E-state index is 13.0. The third kappa shape index (κ3) is 4.88. The Labute approximate surface area is 188 Å². The lowest BCUT2D eigenvalue weighted by atomic mass is 9.88. The molecule has 0 spiro atoms. The molecule has 170 valence electrons. The molecule has 7 nitrogen and oxygen atoms in total. The van der Waals surface area contributed by atoms with Crippen molar-refractivity contribution in [1.82, 2.24) is 10.2 Å². The number of Topliss-reactive ketones (excluding diaryl/α,β-unsaturated/α-hetero) is 1. The van der Waals surface area contributed by atoms with E-state index in [2.05, 4.69) is 10.2 Å². The molecule has 32 heavy (non-hydrogen) atoms. The lowest BCUT2D eigenvalue weighted by molar-refractivity contribution is -0.126. The van der Waals surface area contributed by atoms with E-state index in [4.69, 9.17) is 14.2 Å². The summed E-state index contributed by atoms with van der Waals surface area (Å²) in [7, 11) is 1.62. The second kappa shape index (κ2) is 10.0. The van der Waals surface area contributed by atoms with E-state index in [1.54, 1.807) is 13.2 Å². The Morgan fingerprint density at radius 2 is 1.81 bits per heavy atom. The maximum Gasteiger partial charge on any atom is 0.237 e. The second-order valence-electron chi connectivity index (χ2n) is 8.24. The van der Waals surface area contributed by atoms with E-state index < -0.39 is 0 Å². The maximum atomic E-state index is 13.0. The Morgan fingerprint density at radius 3 is 2.56 bits per heavy atom. The summed E-state index contributed by atoms with van der Waals surface area (Å²) in [5.74, 6) is 2.16. The highest BCUT2D eigenvalue weighted by molar-refractivity contribution is 5.98. The molecule has 2 aliphatic rings. The van der Waals surface area contributed by atoms with Gasteiger partial charge in [0, 0.05) is 23.6 Å². The number of ether oxygens (including phenoxy) is 3. The van der Waals surface area contributed by atoms with Gasteiger partial charge >= 0.3 is 0 Å². The van der Waals surface area contributed by atoms with Crippen molar-refractivity contribution in [1.29, 1.82) is 0 Å². The number of piperidine rings is 1. The molecule has 1 fully saturated rings. The minimum absolute atomic E-state index is 0.0208. The van der Waals surface area contributed by atoms with Crippen LogP contribution in [0.1, 0.15) is 35.7 Å². The number of para-hydroxylation sites is 1. The smallest absolute Gasteiger partial charge is 0.237 e. The van der Waals surface area contributed by atoms with Gasteiger partial charge in [-0.05, 0) is 57.1 Å². The molecule has 2 aliphatic heterocycles. The van der Waals surface area contributed by atoms with Crippen LogP contribution in [-0.2, 0) is 11.3 Å². The number of amides is 1. The summed E-state index contributed by atoms with van der Waals surface area (Å²) in [6.45, 7) is 4.80. The molecule has 1 saturated heterocycles. The van der Waals surface area contributed by atoms with Gasteiger partial charge in [-0.2, -0.15) is 0 Å². The quantitative estimate of drug-likeness (QED) is 0.670. The van der Waals surface area contributed by atoms with Gasteiger partial charge < -0.3 is 19.5 Å². The first kappa shape index (κ1) is 22.1. The Kier molecular flexibility index (Phi) is 6.95. The molecule has 7 heteroatoms. The van der Waals surface area contributed by atoms with Crippen molar-refractivity contribution in [2.45, 2.75) is 32.4 Å². The zero-order chi connectivity index (χ0) is 22.5. The number of rotatable bonds is 7. The Balaban J connectivity index is 1.29. The summed E-state index contributed by atoms with van der Waals surface area (Å²) in [4.78, 5) is 27.9. The van der Waals surface area contributed by atoms with Crippen LogP contribution in [0.25, 0.3) is 0 Å². The molecule has 0 bridgehead atoms. The topological polar surface area (TPSA) is 77.1 Å². The van der Waals surface area contributed by atoms with Crippen LogP contribution >= 0.6 is 0 Å². The van der Waals surface area contributed by atoms with E-state index in [1.807, 2.05) is 43.3 Å². The highest BCUT2D eigenvalue weighted by atomic mass is 16.6. The van der Waals surface area contributed by atoms with Crippen molar-refractivity contribution in [2.24, 2.45) is 5.92 Å². The van der Waals surface area contributed by atoms with Gasteiger partial charge in [0.25, 0.3) is 0 Å². The van der Waals surface area contributed by atoms with Gasteiger partial charge in [-0.3, -0.25) is 14.5 Å². The van der Waals surface area contributed by atoms with E-state index in [0.29, 0.717) is 49.9 Å². The fourth-order valence-electron chi connectivity index (χ4n) is 4.33. The van der Waals surface area contributed by atoms with Crippen molar-refractivity contribution in [2.75, 3.05) is 33.4 Å². The van der Waals surface area contributed by atoms with Crippen LogP contribution < -0.4 is 19.5 Å². The van der Waals surface area contributed by atoms with E-state index in [9.17, 15) is 9.59 Å². The first-order chi connectivity index (χ1) is 15.6. The van der Waals surface area contributed by atoms with Gasteiger partial charge in [0.15, 0.2) is 17.3 Å². The van der Waals surface area contributed by atoms with Crippen LogP contribution in [-0.4, -0.2) is 56.0 Å². The average molecular weight is 439 g/mol. The van der Waals surface area contributed by atoms with E-state index >= 15 is 0 Å². The van der Waals surface area contributed by atoms with Crippen LogP contribution in [0.5, 0.6) is 17.2 Å². The normalized spacial score (nSPS) is 17.4. The van der Waals surface area contributed by atoms with Crippen molar-refractivity contribution >= 4 is 11.7 Å². The van der Waals surface area contributed by atoms with Crippen LogP contribution in [0.15, 0.2) is 42.5 Å². The third-order valence-corrected chi connectivity index (χ3v) is 6.30. The minimum atomic E-state index is -0.255. The van der Waals surface area contributed by atoms with Crippen molar-refractivity contribution < 1.29 is 23.8 Å². The van der Waals surface area contributed by atoms with Crippen LogP contribution in [0.4, 0.5) is 0 Å². The van der Waals surface area contributed by atoms with Gasteiger partial charge in [-0.25, -0.2) is 0 Å². The number of likely N-dealkylation sites (tertiary alicyclic amines) is 1. The molecule has 2 heterocycles. The Morgan fingerprint density at radius 1 is 1.09 bits per heavy atom. The SMILES string of the molecule is COc1ccccc1CNC(=O)C(C)N1CCC(C(=O)c2ccc3c(c2)OCCO3)CC1. The summed E-state index contributed by atoms with van der Waals surface area (Å²) in [6.07, 6.45) is 1.47. The lowest BCUT2D eigenvalue weighted by Crippen LogP contribution is -2.48. The number of methoxy groups -OCH3 is 1. The first-order valence-corrected chi connectivity index (χ1v) is 11.1. The molecule has 2 aromatic rings.